The highest BCUT2D eigenvalue weighted by Crippen LogP contribution is 2.16. The molecule has 0 saturated heterocycles. The average molecular weight is 275 g/mol. The molecule has 110 valence electrons. The minimum atomic E-state index is 0.436. The number of hydrogen-bond donors (Lipinski definition) is 1. The molecule has 5 nitrogen and oxygen atoms in total. The summed E-state index contributed by atoms with van der Waals surface area (Å²) in [6.45, 7) is 10.3. The second-order valence-corrected chi connectivity index (χ2v) is 5.27. The molecule has 0 aromatic carbocycles. The van der Waals surface area contributed by atoms with Gasteiger partial charge in [0.15, 0.2) is 0 Å². The van der Waals surface area contributed by atoms with Crippen molar-refractivity contribution in [3.63, 3.8) is 0 Å². The number of aryl methyl sites for hydroxylation is 2. The molecule has 1 N–H and O–H groups in total. The predicted octanol–water partition coefficient (Wildman–Crippen LogP) is 3.38. The lowest BCUT2D eigenvalue weighted by atomic mass is 10.2. The van der Waals surface area contributed by atoms with Crippen LogP contribution in [0.1, 0.15) is 51.0 Å². The third kappa shape index (κ3) is 3.21. The SMILES string of the molecule is CCCn1cc(NCc2ccnn2C(C)CC)c(C)n1. The quantitative estimate of drug-likeness (QED) is 0.842. The van der Waals surface area contributed by atoms with Crippen LogP contribution in [0.4, 0.5) is 5.69 Å². The Kier molecular flexibility index (Phi) is 4.82. The van der Waals surface area contributed by atoms with E-state index in [0.29, 0.717) is 6.04 Å². The summed E-state index contributed by atoms with van der Waals surface area (Å²) < 4.78 is 4.10. The van der Waals surface area contributed by atoms with E-state index in [2.05, 4.69) is 53.2 Å². The Balaban J connectivity index is 2.03. The molecule has 0 aliphatic carbocycles. The number of nitrogens with zero attached hydrogens (tertiary/aromatic N) is 4. The van der Waals surface area contributed by atoms with E-state index in [-0.39, 0.29) is 0 Å². The molecular formula is C15H25N5. The maximum absolute atomic E-state index is 4.51. The van der Waals surface area contributed by atoms with Crippen LogP contribution in [-0.4, -0.2) is 19.6 Å². The van der Waals surface area contributed by atoms with E-state index in [1.54, 1.807) is 0 Å². The Labute approximate surface area is 121 Å². The van der Waals surface area contributed by atoms with Gasteiger partial charge < -0.3 is 5.32 Å². The first-order valence-corrected chi connectivity index (χ1v) is 7.46. The van der Waals surface area contributed by atoms with Crippen molar-refractivity contribution in [2.75, 3.05) is 5.32 Å². The standard InChI is InChI=1S/C15H25N5/c1-5-9-19-11-15(13(4)18-19)16-10-14-7-8-17-20(14)12(3)6-2/h7-8,11-12,16H,5-6,9-10H2,1-4H3. The summed E-state index contributed by atoms with van der Waals surface area (Å²) in [5, 5.41) is 12.4. The van der Waals surface area contributed by atoms with Gasteiger partial charge >= 0.3 is 0 Å². The molecule has 2 heterocycles. The molecule has 2 rings (SSSR count). The van der Waals surface area contributed by atoms with Gasteiger partial charge in [0.05, 0.1) is 23.6 Å². The summed E-state index contributed by atoms with van der Waals surface area (Å²) in [5.74, 6) is 0. The second-order valence-electron chi connectivity index (χ2n) is 5.27. The highest BCUT2D eigenvalue weighted by molar-refractivity contribution is 5.45. The minimum absolute atomic E-state index is 0.436. The summed E-state index contributed by atoms with van der Waals surface area (Å²) in [5.41, 5.74) is 3.37. The fourth-order valence-corrected chi connectivity index (χ4v) is 2.27. The Bertz CT molecular complexity index is 540. The van der Waals surface area contributed by atoms with E-state index in [1.165, 1.54) is 5.69 Å². The number of rotatable bonds is 7. The van der Waals surface area contributed by atoms with Gasteiger partial charge in [-0.3, -0.25) is 9.36 Å². The molecule has 0 saturated carbocycles. The normalized spacial score (nSPS) is 12.6. The molecule has 0 amide bonds. The largest absolute Gasteiger partial charge is 0.377 e. The van der Waals surface area contributed by atoms with Crippen LogP contribution in [-0.2, 0) is 13.1 Å². The summed E-state index contributed by atoms with van der Waals surface area (Å²) in [6, 6.07) is 2.51. The van der Waals surface area contributed by atoms with Crippen LogP contribution in [0, 0.1) is 6.92 Å². The van der Waals surface area contributed by atoms with Crippen LogP contribution in [0.2, 0.25) is 0 Å². The maximum Gasteiger partial charge on any atom is 0.0825 e. The van der Waals surface area contributed by atoms with Crippen LogP contribution >= 0.6 is 0 Å². The second kappa shape index (κ2) is 6.59. The van der Waals surface area contributed by atoms with Gasteiger partial charge in [-0.05, 0) is 32.8 Å². The predicted molar refractivity (Wildman–Crippen MR) is 81.8 cm³/mol. The molecule has 2 aromatic heterocycles. The van der Waals surface area contributed by atoms with E-state index >= 15 is 0 Å². The highest BCUT2D eigenvalue weighted by Gasteiger charge is 2.09. The van der Waals surface area contributed by atoms with Crippen LogP contribution in [0.15, 0.2) is 18.5 Å². The molecule has 0 bridgehead atoms. The van der Waals surface area contributed by atoms with Crippen LogP contribution in [0.5, 0.6) is 0 Å². The number of nitrogens with one attached hydrogen (secondary N) is 1. The summed E-state index contributed by atoms with van der Waals surface area (Å²) in [4.78, 5) is 0. The van der Waals surface area contributed by atoms with Crippen molar-refractivity contribution < 1.29 is 0 Å². The van der Waals surface area contributed by atoms with Crippen LogP contribution in [0.3, 0.4) is 0 Å². The molecule has 0 radical (unpaired) electrons. The molecule has 0 spiro atoms. The van der Waals surface area contributed by atoms with E-state index in [1.807, 2.05) is 17.8 Å². The summed E-state index contributed by atoms with van der Waals surface area (Å²) in [7, 11) is 0. The number of aromatic nitrogens is 4. The fourth-order valence-electron chi connectivity index (χ4n) is 2.27. The molecule has 1 atom stereocenters. The number of anilines is 1. The van der Waals surface area contributed by atoms with Gasteiger partial charge in [-0.15, -0.1) is 0 Å². The lowest BCUT2D eigenvalue weighted by molar-refractivity contribution is 0.462. The van der Waals surface area contributed by atoms with Gasteiger partial charge in [-0.2, -0.15) is 10.2 Å². The summed E-state index contributed by atoms with van der Waals surface area (Å²) >= 11 is 0. The molecule has 0 aliphatic rings. The first kappa shape index (κ1) is 14.6. The topological polar surface area (TPSA) is 47.7 Å². The first-order chi connectivity index (χ1) is 9.65. The Morgan fingerprint density at radius 1 is 1.35 bits per heavy atom. The lowest BCUT2D eigenvalue weighted by Crippen LogP contribution is -2.12. The zero-order valence-corrected chi connectivity index (χ0v) is 12.9. The van der Waals surface area contributed by atoms with Crippen molar-refractivity contribution in [1.82, 2.24) is 19.6 Å². The van der Waals surface area contributed by atoms with Gasteiger partial charge in [-0.1, -0.05) is 13.8 Å². The van der Waals surface area contributed by atoms with Gasteiger partial charge in [-0.25, -0.2) is 0 Å². The van der Waals surface area contributed by atoms with E-state index < -0.39 is 0 Å². The van der Waals surface area contributed by atoms with E-state index in [9.17, 15) is 0 Å². The highest BCUT2D eigenvalue weighted by atomic mass is 15.3. The van der Waals surface area contributed by atoms with E-state index in [0.717, 1.165) is 37.3 Å². The molecular weight excluding hydrogens is 250 g/mol. The van der Waals surface area contributed by atoms with Crippen molar-refractivity contribution in [2.24, 2.45) is 0 Å². The fraction of sp³-hybridized carbons (Fsp3) is 0.600. The van der Waals surface area contributed by atoms with Gasteiger partial charge in [0.2, 0.25) is 0 Å². The average Bonchev–Trinajstić information content (AvgIpc) is 3.03. The first-order valence-electron chi connectivity index (χ1n) is 7.46. The van der Waals surface area contributed by atoms with E-state index in [4.69, 9.17) is 0 Å². The van der Waals surface area contributed by atoms with Gasteiger partial charge in [0, 0.05) is 25.0 Å². The number of hydrogen-bond acceptors (Lipinski definition) is 3. The van der Waals surface area contributed by atoms with Crippen molar-refractivity contribution >= 4 is 5.69 Å². The van der Waals surface area contributed by atoms with Crippen molar-refractivity contribution in [2.45, 2.75) is 59.7 Å². The van der Waals surface area contributed by atoms with Gasteiger partial charge in [0.1, 0.15) is 0 Å². The Morgan fingerprint density at radius 3 is 2.85 bits per heavy atom. The lowest BCUT2D eigenvalue weighted by Gasteiger charge is -2.14. The van der Waals surface area contributed by atoms with Crippen LogP contribution in [0.25, 0.3) is 0 Å². The van der Waals surface area contributed by atoms with Crippen LogP contribution < -0.4 is 5.32 Å². The maximum atomic E-state index is 4.51. The molecule has 1 unspecified atom stereocenters. The minimum Gasteiger partial charge on any atom is -0.377 e. The molecule has 2 aromatic rings. The van der Waals surface area contributed by atoms with Crippen molar-refractivity contribution in [3.05, 3.63) is 29.8 Å². The zero-order chi connectivity index (χ0) is 14.5. The molecule has 5 heteroatoms. The third-order valence-corrected chi connectivity index (χ3v) is 3.62. The summed E-state index contributed by atoms with van der Waals surface area (Å²) in [6.07, 6.45) is 6.14. The molecule has 20 heavy (non-hydrogen) atoms. The monoisotopic (exact) mass is 275 g/mol. The Morgan fingerprint density at radius 2 is 2.15 bits per heavy atom. The molecule has 0 aliphatic heterocycles. The zero-order valence-electron chi connectivity index (χ0n) is 12.9. The van der Waals surface area contributed by atoms with Crippen molar-refractivity contribution in [1.29, 1.82) is 0 Å². The van der Waals surface area contributed by atoms with Gasteiger partial charge in [0.25, 0.3) is 0 Å². The molecule has 0 fully saturated rings. The third-order valence-electron chi connectivity index (χ3n) is 3.62. The Hall–Kier alpha value is -1.78. The van der Waals surface area contributed by atoms with Crippen molar-refractivity contribution in [3.8, 4) is 0 Å². The smallest absolute Gasteiger partial charge is 0.0825 e.